The lowest BCUT2D eigenvalue weighted by Crippen LogP contribution is -2.52. The molecule has 0 aliphatic carbocycles. The first-order chi connectivity index (χ1) is 14.7. The zero-order chi connectivity index (χ0) is 22.8. The highest BCUT2D eigenvalue weighted by molar-refractivity contribution is 14.1. The summed E-state index contributed by atoms with van der Waals surface area (Å²) in [5.41, 5.74) is 1.63. The number of carbonyl (C=O) groups excluding carboxylic acids is 2. The van der Waals surface area contributed by atoms with Crippen molar-refractivity contribution in [1.82, 2.24) is 10.6 Å². The molecular weight excluding hydrogens is 511 g/mol. The summed E-state index contributed by atoms with van der Waals surface area (Å²) in [6.07, 6.45) is -0.235. The fourth-order valence-corrected chi connectivity index (χ4v) is 3.59. The molecule has 8 heteroatoms. The van der Waals surface area contributed by atoms with Crippen LogP contribution in [-0.4, -0.2) is 35.2 Å². The summed E-state index contributed by atoms with van der Waals surface area (Å²) < 4.78 is 6.18. The van der Waals surface area contributed by atoms with Gasteiger partial charge in [-0.1, -0.05) is 56.3 Å². The van der Waals surface area contributed by atoms with E-state index in [2.05, 4.69) is 33.2 Å². The van der Waals surface area contributed by atoms with E-state index in [1.807, 2.05) is 68.4 Å². The van der Waals surface area contributed by atoms with E-state index in [1.54, 1.807) is 0 Å². The van der Waals surface area contributed by atoms with Gasteiger partial charge >= 0.3 is 12.1 Å². The van der Waals surface area contributed by atoms with Crippen LogP contribution in [0.4, 0.5) is 4.79 Å². The fraction of sp³-hybridized carbons (Fsp3) is 0.348. The number of ether oxygens (including phenoxy) is 1. The Morgan fingerprint density at radius 2 is 1.65 bits per heavy atom. The molecule has 166 valence electrons. The van der Waals surface area contributed by atoms with Gasteiger partial charge in [0.25, 0.3) is 0 Å². The van der Waals surface area contributed by atoms with Crippen LogP contribution in [0.15, 0.2) is 54.6 Å². The van der Waals surface area contributed by atoms with Gasteiger partial charge in [0.15, 0.2) is 0 Å². The number of hydrogen-bond acceptors (Lipinski definition) is 4. The molecule has 0 aromatic heterocycles. The highest BCUT2D eigenvalue weighted by Crippen LogP contribution is 2.11. The lowest BCUT2D eigenvalue weighted by Gasteiger charge is -2.22. The average molecular weight is 538 g/mol. The molecule has 2 atom stereocenters. The largest absolute Gasteiger partial charge is 0.480 e. The molecule has 2 aromatic rings. The van der Waals surface area contributed by atoms with Crippen molar-refractivity contribution in [3.05, 3.63) is 69.3 Å². The molecule has 0 aliphatic heterocycles. The molecule has 0 saturated carbocycles. The number of rotatable bonds is 10. The SMILES string of the molecule is CC(C)C[C@H](NC(=O)OCc1ccccc1)C(=O)N[C@H](Cc1cccc(I)c1)C(=O)O. The summed E-state index contributed by atoms with van der Waals surface area (Å²) >= 11 is 2.15. The predicted octanol–water partition coefficient (Wildman–Crippen LogP) is 3.74. The summed E-state index contributed by atoms with van der Waals surface area (Å²) in [7, 11) is 0. The van der Waals surface area contributed by atoms with Crippen LogP contribution < -0.4 is 10.6 Å². The maximum atomic E-state index is 12.8. The van der Waals surface area contributed by atoms with E-state index in [9.17, 15) is 19.5 Å². The molecule has 2 aromatic carbocycles. The summed E-state index contributed by atoms with van der Waals surface area (Å²) in [4.78, 5) is 36.8. The Morgan fingerprint density at radius 3 is 2.26 bits per heavy atom. The van der Waals surface area contributed by atoms with Crippen LogP contribution in [0.25, 0.3) is 0 Å². The van der Waals surface area contributed by atoms with Crippen molar-refractivity contribution in [1.29, 1.82) is 0 Å². The van der Waals surface area contributed by atoms with Crippen LogP contribution >= 0.6 is 22.6 Å². The predicted molar refractivity (Wildman–Crippen MR) is 125 cm³/mol. The van der Waals surface area contributed by atoms with Gasteiger partial charge in [-0.25, -0.2) is 9.59 Å². The number of carboxylic acid groups (broad SMARTS) is 1. The van der Waals surface area contributed by atoms with Crippen LogP contribution in [0, 0.1) is 9.49 Å². The number of halogens is 1. The lowest BCUT2D eigenvalue weighted by atomic mass is 10.0. The first-order valence-corrected chi connectivity index (χ1v) is 11.1. The molecule has 2 rings (SSSR count). The Bertz CT molecular complexity index is 889. The van der Waals surface area contributed by atoms with E-state index in [0.717, 1.165) is 14.7 Å². The van der Waals surface area contributed by atoms with E-state index in [4.69, 9.17) is 4.74 Å². The number of benzene rings is 2. The number of alkyl carbamates (subject to hydrolysis) is 1. The van der Waals surface area contributed by atoms with Crippen molar-refractivity contribution >= 4 is 40.6 Å². The van der Waals surface area contributed by atoms with Gasteiger partial charge in [0.05, 0.1) is 0 Å². The van der Waals surface area contributed by atoms with E-state index in [0.29, 0.717) is 6.42 Å². The minimum Gasteiger partial charge on any atom is -0.480 e. The van der Waals surface area contributed by atoms with Crippen LogP contribution in [-0.2, 0) is 27.4 Å². The third kappa shape index (κ3) is 8.95. The van der Waals surface area contributed by atoms with Gasteiger partial charge in [-0.3, -0.25) is 4.79 Å². The minimum atomic E-state index is -1.14. The zero-order valence-corrected chi connectivity index (χ0v) is 19.7. The van der Waals surface area contributed by atoms with Gasteiger partial charge in [0.1, 0.15) is 18.7 Å². The highest BCUT2D eigenvalue weighted by Gasteiger charge is 2.27. The van der Waals surface area contributed by atoms with Crippen molar-refractivity contribution < 1.29 is 24.2 Å². The number of amides is 2. The van der Waals surface area contributed by atoms with E-state index in [1.165, 1.54) is 0 Å². The average Bonchev–Trinajstić information content (AvgIpc) is 2.71. The van der Waals surface area contributed by atoms with Gasteiger partial charge in [-0.15, -0.1) is 0 Å². The highest BCUT2D eigenvalue weighted by atomic mass is 127. The van der Waals surface area contributed by atoms with Crippen molar-refractivity contribution in [2.24, 2.45) is 5.92 Å². The molecule has 0 spiro atoms. The monoisotopic (exact) mass is 538 g/mol. The molecular formula is C23H27IN2O5. The molecule has 0 heterocycles. The van der Waals surface area contributed by atoms with Crippen molar-refractivity contribution in [3.63, 3.8) is 0 Å². The van der Waals surface area contributed by atoms with Gasteiger partial charge in [0.2, 0.25) is 5.91 Å². The Labute approximate surface area is 195 Å². The Balaban J connectivity index is 2.00. The molecule has 0 bridgehead atoms. The Kier molecular flexibility index (Phi) is 9.77. The first-order valence-electron chi connectivity index (χ1n) is 9.99. The van der Waals surface area contributed by atoms with E-state index in [-0.39, 0.29) is 18.9 Å². The molecule has 0 unspecified atom stereocenters. The second kappa shape index (κ2) is 12.3. The van der Waals surface area contributed by atoms with Gasteiger partial charge in [0, 0.05) is 9.99 Å². The minimum absolute atomic E-state index is 0.0765. The number of aliphatic carboxylic acids is 1. The molecule has 7 nitrogen and oxygen atoms in total. The Hall–Kier alpha value is -2.62. The summed E-state index contributed by atoms with van der Waals surface area (Å²) in [5, 5.41) is 14.7. The lowest BCUT2D eigenvalue weighted by molar-refractivity contribution is -0.142. The zero-order valence-electron chi connectivity index (χ0n) is 17.5. The summed E-state index contributed by atoms with van der Waals surface area (Å²) in [6, 6.07) is 14.6. The summed E-state index contributed by atoms with van der Waals surface area (Å²) in [6.45, 7) is 3.91. The molecule has 2 amide bonds. The standard InChI is InChI=1S/C23H27IN2O5/c1-15(2)11-19(26-23(30)31-14-16-7-4-3-5-8-16)21(27)25-20(22(28)29)13-17-9-6-10-18(24)12-17/h3-10,12,15,19-20H,11,13-14H2,1-2H3,(H,25,27)(H,26,30)(H,28,29)/t19-,20+/m0/s1. The maximum Gasteiger partial charge on any atom is 0.408 e. The van der Waals surface area contributed by atoms with E-state index >= 15 is 0 Å². The molecule has 0 saturated heterocycles. The van der Waals surface area contributed by atoms with Gasteiger partial charge < -0.3 is 20.5 Å². The number of hydrogen-bond donors (Lipinski definition) is 3. The van der Waals surface area contributed by atoms with Crippen molar-refractivity contribution in [2.45, 2.75) is 45.4 Å². The second-order valence-electron chi connectivity index (χ2n) is 7.62. The molecule has 3 N–H and O–H groups in total. The Morgan fingerprint density at radius 1 is 0.968 bits per heavy atom. The smallest absolute Gasteiger partial charge is 0.408 e. The fourth-order valence-electron chi connectivity index (χ4n) is 2.98. The van der Waals surface area contributed by atoms with Crippen LogP contribution in [0.5, 0.6) is 0 Å². The normalized spacial score (nSPS) is 12.6. The van der Waals surface area contributed by atoms with Crippen molar-refractivity contribution in [3.8, 4) is 0 Å². The number of carbonyl (C=O) groups is 3. The molecule has 31 heavy (non-hydrogen) atoms. The van der Waals surface area contributed by atoms with Crippen molar-refractivity contribution in [2.75, 3.05) is 0 Å². The van der Waals surface area contributed by atoms with Crippen LogP contribution in [0.3, 0.4) is 0 Å². The topological polar surface area (TPSA) is 105 Å². The third-order valence-corrected chi connectivity index (χ3v) is 5.14. The second-order valence-corrected chi connectivity index (χ2v) is 8.87. The van der Waals surface area contributed by atoms with Gasteiger partial charge in [-0.2, -0.15) is 0 Å². The number of carboxylic acids is 1. The van der Waals surface area contributed by atoms with Gasteiger partial charge in [-0.05, 0) is 58.2 Å². The van der Waals surface area contributed by atoms with Crippen LogP contribution in [0.1, 0.15) is 31.4 Å². The van der Waals surface area contributed by atoms with E-state index < -0.39 is 30.1 Å². The molecule has 0 fully saturated rings. The summed E-state index contributed by atoms with van der Waals surface area (Å²) in [5.74, 6) is -1.59. The maximum absolute atomic E-state index is 12.8. The third-order valence-electron chi connectivity index (χ3n) is 4.47. The molecule has 0 radical (unpaired) electrons. The first kappa shape index (κ1) is 24.6. The quantitative estimate of drug-likeness (QED) is 0.400. The molecule has 0 aliphatic rings. The van der Waals surface area contributed by atoms with Crippen LogP contribution in [0.2, 0.25) is 0 Å². The number of nitrogens with one attached hydrogen (secondary N) is 2.